The summed E-state index contributed by atoms with van der Waals surface area (Å²) in [7, 11) is 0. The molecule has 2 aliphatic carbocycles. The molecule has 2 heterocycles. The number of para-hydroxylation sites is 1. The third-order valence-corrected chi connectivity index (χ3v) is 12.5. The van der Waals surface area contributed by atoms with Crippen LogP contribution in [0.25, 0.3) is 66.1 Å². The summed E-state index contributed by atoms with van der Waals surface area (Å²) in [5, 5.41) is 4.51. The summed E-state index contributed by atoms with van der Waals surface area (Å²) in [6.45, 7) is 0. The van der Waals surface area contributed by atoms with E-state index in [0.29, 0.717) is 0 Å². The number of furan rings is 1. The van der Waals surface area contributed by atoms with Gasteiger partial charge in [-0.05, 0) is 97.9 Å². The third-order valence-electron chi connectivity index (χ3n) is 12.5. The second-order valence-corrected chi connectivity index (χ2v) is 15.1. The number of ether oxygens (including phenoxy) is 1. The van der Waals surface area contributed by atoms with E-state index in [1.165, 1.54) is 49.9 Å². The second-order valence-electron chi connectivity index (χ2n) is 15.1. The Morgan fingerprint density at radius 1 is 0.446 bits per heavy atom. The summed E-state index contributed by atoms with van der Waals surface area (Å²) in [5.74, 6) is 1.70. The Labute approximate surface area is 323 Å². The highest BCUT2D eigenvalue weighted by Gasteiger charge is 2.54. The van der Waals surface area contributed by atoms with E-state index in [2.05, 4.69) is 193 Å². The molecule has 1 spiro atoms. The zero-order valence-electron chi connectivity index (χ0n) is 30.2. The minimum Gasteiger partial charge on any atom is -0.455 e. The Balaban J connectivity index is 1.09. The minimum atomic E-state index is -0.550. The van der Waals surface area contributed by atoms with E-state index in [1.54, 1.807) is 0 Å². The number of rotatable bonds is 2. The first-order valence-electron chi connectivity index (χ1n) is 19.3. The summed E-state index contributed by atoms with van der Waals surface area (Å²) < 4.78 is 14.1. The smallest absolute Gasteiger partial charge is 0.156 e. The first kappa shape index (κ1) is 30.0. The van der Waals surface area contributed by atoms with Crippen LogP contribution in [0.5, 0.6) is 11.5 Å². The molecule has 0 fully saturated rings. The normalized spacial score (nSPS) is 14.0. The molecule has 0 unspecified atom stereocenters. The van der Waals surface area contributed by atoms with Gasteiger partial charge in [0, 0.05) is 27.4 Å². The van der Waals surface area contributed by atoms with Gasteiger partial charge in [0.15, 0.2) is 11.5 Å². The molecule has 1 aliphatic heterocycles. The van der Waals surface area contributed by atoms with Crippen LogP contribution in [-0.2, 0) is 5.41 Å². The molecule has 1 aromatic heterocycles. The summed E-state index contributed by atoms with van der Waals surface area (Å²) in [4.78, 5) is 2.38. The van der Waals surface area contributed by atoms with E-state index in [4.69, 9.17) is 9.15 Å². The average Bonchev–Trinajstić information content (AvgIpc) is 3.90. The molecule has 3 nitrogen and oxygen atoms in total. The van der Waals surface area contributed by atoms with Crippen LogP contribution < -0.4 is 9.64 Å². The lowest BCUT2D eigenvalue weighted by Crippen LogP contribution is -2.28. The summed E-state index contributed by atoms with van der Waals surface area (Å²) in [6.07, 6.45) is 0. The highest BCUT2D eigenvalue weighted by atomic mass is 16.5. The van der Waals surface area contributed by atoms with Gasteiger partial charge in [-0.3, -0.25) is 0 Å². The fourth-order valence-corrected chi connectivity index (χ4v) is 10.3. The van der Waals surface area contributed by atoms with Crippen LogP contribution in [0.4, 0.5) is 17.1 Å². The van der Waals surface area contributed by atoms with E-state index >= 15 is 0 Å². The standard InChI is InChI=1S/C53H31NO2/c1-2-14-34(15-3-1)54-45-29-26-33(35-20-12-24-47-49(35)41-27-25-32-13-4-5-16-36(32)51(41)55-47)31-48(45)56-52-46(54)30-28-40-39-19-8-11-23-44(39)53(50(40)52)42-21-9-6-17-37(42)38-18-7-10-22-43(38)53/h1-31H. The Kier molecular flexibility index (Phi) is 5.83. The Morgan fingerprint density at radius 3 is 1.86 bits per heavy atom. The van der Waals surface area contributed by atoms with Gasteiger partial charge in [-0.2, -0.15) is 0 Å². The topological polar surface area (TPSA) is 25.6 Å². The van der Waals surface area contributed by atoms with Crippen LogP contribution in [0, 0.1) is 0 Å². The quantitative estimate of drug-likeness (QED) is 0.178. The molecular formula is C53H31NO2. The molecule has 0 amide bonds. The first-order valence-corrected chi connectivity index (χ1v) is 19.3. The molecule has 0 saturated heterocycles. The average molecular weight is 714 g/mol. The van der Waals surface area contributed by atoms with E-state index in [-0.39, 0.29) is 0 Å². The van der Waals surface area contributed by atoms with Crippen molar-refractivity contribution in [1.82, 2.24) is 0 Å². The van der Waals surface area contributed by atoms with Crippen molar-refractivity contribution in [3.63, 3.8) is 0 Å². The van der Waals surface area contributed by atoms with Crippen molar-refractivity contribution in [2.75, 3.05) is 4.90 Å². The maximum atomic E-state index is 7.46. The van der Waals surface area contributed by atoms with Crippen LogP contribution in [0.2, 0.25) is 0 Å². The lowest BCUT2D eigenvalue weighted by Gasteiger charge is -2.37. The molecule has 0 saturated carbocycles. The molecule has 3 aliphatic rings. The molecule has 13 rings (SSSR count). The van der Waals surface area contributed by atoms with E-state index < -0.39 is 5.41 Å². The van der Waals surface area contributed by atoms with Crippen molar-refractivity contribution in [3.8, 4) is 44.9 Å². The number of hydrogen-bond donors (Lipinski definition) is 0. The predicted molar refractivity (Wildman–Crippen MR) is 228 cm³/mol. The Hall–Kier alpha value is -7.36. The minimum absolute atomic E-state index is 0.550. The van der Waals surface area contributed by atoms with E-state index in [9.17, 15) is 0 Å². The first-order chi connectivity index (χ1) is 27.8. The summed E-state index contributed by atoms with van der Waals surface area (Å²) >= 11 is 0. The number of hydrogen-bond acceptors (Lipinski definition) is 3. The zero-order chi connectivity index (χ0) is 36.5. The van der Waals surface area contributed by atoms with Crippen molar-refractivity contribution in [2.24, 2.45) is 0 Å². The third kappa shape index (κ3) is 3.72. The van der Waals surface area contributed by atoms with E-state index in [0.717, 1.165) is 67.0 Å². The van der Waals surface area contributed by atoms with E-state index in [1.807, 2.05) is 0 Å². The monoisotopic (exact) mass is 713 g/mol. The zero-order valence-corrected chi connectivity index (χ0v) is 30.2. The fraction of sp³-hybridized carbons (Fsp3) is 0.0189. The molecule has 0 atom stereocenters. The largest absolute Gasteiger partial charge is 0.455 e. The number of nitrogens with zero attached hydrogens (tertiary/aromatic N) is 1. The molecule has 260 valence electrons. The van der Waals surface area contributed by atoms with Crippen molar-refractivity contribution < 1.29 is 9.15 Å². The van der Waals surface area contributed by atoms with Gasteiger partial charge in [-0.25, -0.2) is 0 Å². The second kappa shape index (κ2) is 10.9. The molecular weight excluding hydrogens is 683 g/mol. The summed E-state index contributed by atoms with van der Waals surface area (Å²) in [6, 6.07) is 68.0. The highest BCUT2D eigenvalue weighted by Crippen LogP contribution is 2.67. The molecule has 56 heavy (non-hydrogen) atoms. The maximum absolute atomic E-state index is 7.46. The number of fused-ring (bicyclic) bond motifs is 18. The predicted octanol–water partition coefficient (Wildman–Crippen LogP) is 14.3. The van der Waals surface area contributed by atoms with Crippen molar-refractivity contribution in [3.05, 3.63) is 210 Å². The number of benzene rings is 9. The van der Waals surface area contributed by atoms with Crippen molar-refractivity contribution in [1.29, 1.82) is 0 Å². The van der Waals surface area contributed by atoms with Crippen LogP contribution in [0.3, 0.4) is 0 Å². The van der Waals surface area contributed by atoms with Gasteiger partial charge in [0.1, 0.15) is 11.2 Å². The van der Waals surface area contributed by atoms with Gasteiger partial charge in [-0.1, -0.05) is 146 Å². The Morgan fingerprint density at radius 2 is 1.09 bits per heavy atom. The van der Waals surface area contributed by atoms with Gasteiger partial charge in [0.05, 0.1) is 16.8 Å². The van der Waals surface area contributed by atoms with Crippen molar-refractivity contribution >= 4 is 49.8 Å². The molecule has 9 aromatic carbocycles. The van der Waals surface area contributed by atoms with Gasteiger partial charge in [-0.15, -0.1) is 0 Å². The van der Waals surface area contributed by atoms with Crippen LogP contribution >= 0.6 is 0 Å². The van der Waals surface area contributed by atoms with Gasteiger partial charge >= 0.3 is 0 Å². The van der Waals surface area contributed by atoms with Gasteiger partial charge in [0.2, 0.25) is 0 Å². The molecule has 10 aromatic rings. The SMILES string of the molecule is c1ccc(N2c3ccc(-c4cccc5oc6c7ccccc7ccc6c45)cc3Oc3c2ccc2c3C3(c4ccccc4-c4ccccc43)c3ccccc3-2)cc1. The number of anilines is 3. The molecule has 0 radical (unpaired) electrons. The van der Waals surface area contributed by atoms with Crippen LogP contribution in [-0.4, -0.2) is 0 Å². The van der Waals surface area contributed by atoms with Gasteiger partial charge in [0.25, 0.3) is 0 Å². The van der Waals surface area contributed by atoms with Crippen molar-refractivity contribution in [2.45, 2.75) is 5.41 Å². The lowest BCUT2D eigenvalue weighted by atomic mass is 9.70. The fourth-order valence-electron chi connectivity index (χ4n) is 10.3. The van der Waals surface area contributed by atoms with Crippen LogP contribution in [0.15, 0.2) is 192 Å². The van der Waals surface area contributed by atoms with Crippen LogP contribution in [0.1, 0.15) is 22.3 Å². The molecule has 0 bridgehead atoms. The highest BCUT2D eigenvalue weighted by molar-refractivity contribution is 6.19. The van der Waals surface area contributed by atoms with Gasteiger partial charge < -0.3 is 14.1 Å². The Bertz CT molecular complexity index is 3240. The lowest BCUT2D eigenvalue weighted by molar-refractivity contribution is 0.466. The molecule has 0 N–H and O–H groups in total. The summed E-state index contributed by atoms with van der Waals surface area (Å²) in [5.41, 5.74) is 16.6. The maximum Gasteiger partial charge on any atom is 0.156 e. The molecule has 3 heteroatoms.